The van der Waals surface area contributed by atoms with Crippen LogP contribution in [0.5, 0.6) is 0 Å². The highest BCUT2D eigenvalue weighted by atomic mass is 35.5. The smallest absolute Gasteiger partial charge is 0.250 e. The van der Waals surface area contributed by atoms with Gasteiger partial charge in [0, 0.05) is 115 Å². The van der Waals surface area contributed by atoms with Crippen LogP contribution >= 0.6 is 34.8 Å². The number of rotatable bonds is 13. The van der Waals surface area contributed by atoms with E-state index in [1.165, 1.54) is 24.3 Å². The first kappa shape index (κ1) is 67.2. The molecule has 12 N–H and O–H groups in total. The van der Waals surface area contributed by atoms with Crippen molar-refractivity contribution in [3.05, 3.63) is 213 Å². The number of fused-ring (bicyclic) bond motifs is 8. The van der Waals surface area contributed by atoms with Crippen LogP contribution in [0.15, 0.2) is 158 Å². The second kappa shape index (κ2) is 26.1. The highest BCUT2D eigenvalue weighted by Gasteiger charge is 2.68. The summed E-state index contributed by atoms with van der Waals surface area (Å²) in [5.41, 5.74) is 34.9. The maximum Gasteiger partial charge on any atom is 0.250 e. The van der Waals surface area contributed by atoms with E-state index in [9.17, 15) is 18.0 Å². The lowest BCUT2D eigenvalue weighted by atomic mass is 9.91. The molecule has 29 heteroatoms. The minimum Gasteiger partial charge on any atom is -0.366 e. The number of hydrogen-bond acceptors (Lipinski definition) is 18. The number of nitrogens with zero attached hydrogens (tertiary/aromatic N) is 14. The fourth-order valence-corrected chi connectivity index (χ4v) is 19.1. The number of nitrogens with two attached hydrogens (primary N) is 4. The molecule has 3 saturated heterocycles. The topological polar surface area (TPSA) is 336 Å². The van der Waals surface area contributed by atoms with Gasteiger partial charge in [0.2, 0.25) is 5.91 Å². The van der Waals surface area contributed by atoms with Crippen molar-refractivity contribution >= 4 is 113 Å². The third kappa shape index (κ3) is 10.6. The average Bonchev–Trinajstić information content (AvgIpc) is 1.54. The van der Waals surface area contributed by atoms with Gasteiger partial charge in [-0.2, -0.15) is 20.4 Å². The Balaban J connectivity index is 0.000000113. The van der Waals surface area contributed by atoms with Gasteiger partial charge in [0.15, 0.2) is 16.9 Å². The van der Waals surface area contributed by atoms with E-state index in [-0.39, 0.29) is 61.1 Å². The summed E-state index contributed by atoms with van der Waals surface area (Å²) in [6.07, 6.45) is 11.6. The summed E-state index contributed by atoms with van der Waals surface area (Å²) >= 11 is 19.3. The van der Waals surface area contributed by atoms with E-state index in [1.54, 1.807) is 49.1 Å². The number of amides is 1. The summed E-state index contributed by atoms with van der Waals surface area (Å²) < 4.78 is 44.0. The fraction of sp³-hybridized carbons (Fsp3) is 0.273. The molecule has 6 fully saturated rings. The first-order valence-electron chi connectivity index (χ1n) is 35.2. The lowest BCUT2D eigenvalue weighted by molar-refractivity contribution is 0.100. The van der Waals surface area contributed by atoms with Crippen molar-refractivity contribution in [2.75, 3.05) is 73.6 Å². The van der Waals surface area contributed by atoms with Gasteiger partial charge in [-0.05, 0) is 120 Å². The van der Waals surface area contributed by atoms with E-state index in [0.29, 0.717) is 111 Å². The summed E-state index contributed by atoms with van der Waals surface area (Å²) in [5, 5.41) is 32.0. The number of hydrogen-bond donors (Lipinski definition) is 8. The van der Waals surface area contributed by atoms with Crippen molar-refractivity contribution in [3.63, 3.8) is 0 Å². The Morgan fingerprint density at radius 2 is 0.887 bits per heavy atom. The Morgan fingerprint density at radius 3 is 1.33 bits per heavy atom. The van der Waals surface area contributed by atoms with E-state index in [2.05, 4.69) is 65.5 Å². The van der Waals surface area contributed by atoms with Crippen molar-refractivity contribution in [2.24, 2.45) is 58.4 Å². The molecular formula is C77H68Cl3F3N22O. The molecule has 106 heavy (non-hydrogen) atoms. The third-order valence-corrected chi connectivity index (χ3v) is 25.0. The number of piperidine rings is 3. The van der Waals surface area contributed by atoms with Crippen LogP contribution in [0.1, 0.15) is 46.3 Å². The first-order chi connectivity index (χ1) is 51.7. The molecule has 3 saturated carbocycles. The molecule has 9 atom stereocenters. The summed E-state index contributed by atoms with van der Waals surface area (Å²) in [6, 6.07) is 37.9. The first-order valence-corrected chi connectivity index (χ1v) is 36.3. The molecule has 1 amide bonds. The molecule has 6 aliphatic rings. The summed E-state index contributed by atoms with van der Waals surface area (Å²) in [6.45, 7) is 5.99. The second-order valence-electron chi connectivity index (χ2n) is 28.3. The van der Waals surface area contributed by atoms with Gasteiger partial charge in [-0.3, -0.25) is 30.2 Å². The monoisotopic (exact) mass is 1480 g/mol. The summed E-state index contributed by atoms with van der Waals surface area (Å²) in [7, 11) is 0. The number of benzene rings is 6. The molecule has 23 nitrogen and oxygen atoms in total. The summed E-state index contributed by atoms with van der Waals surface area (Å²) in [4.78, 5) is 51.2. The van der Waals surface area contributed by atoms with Crippen LogP contribution in [-0.4, -0.2) is 140 Å². The van der Waals surface area contributed by atoms with Crippen LogP contribution < -0.4 is 37.6 Å². The van der Waals surface area contributed by atoms with Crippen molar-refractivity contribution in [1.29, 1.82) is 0 Å². The molecule has 3 aliphatic carbocycles. The van der Waals surface area contributed by atoms with Crippen LogP contribution in [0.2, 0.25) is 15.1 Å². The Morgan fingerprint density at radius 1 is 0.453 bits per heavy atom. The number of anilines is 3. The molecule has 0 spiro atoms. The minimum absolute atomic E-state index is 0.0629. The van der Waals surface area contributed by atoms with Crippen molar-refractivity contribution in [1.82, 2.24) is 75.7 Å². The largest absolute Gasteiger partial charge is 0.366 e. The van der Waals surface area contributed by atoms with Crippen molar-refractivity contribution in [2.45, 2.75) is 35.5 Å². The molecule has 0 bridgehead atoms. The number of halogens is 6. The number of aromatic nitrogens is 15. The molecule has 534 valence electrons. The molecular weight excluding hydrogens is 1410 g/mol. The zero-order valence-corrected chi connectivity index (χ0v) is 59.0. The van der Waals surface area contributed by atoms with Crippen molar-refractivity contribution in [3.8, 4) is 33.8 Å². The molecule has 6 aromatic carbocycles. The van der Waals surface area contributed by atoms with Gasteiger partial charge in [0.05, 0.1) is 50.3 Å². The van der Waals surface area contributed by atoms with Gasteiger partial charge < -0.3 is 37.6 Å². The van der Waals surface area contributed by atoms with Gasteiger partial charge in [-0.25, -0.2) is 43.1 Å². The van der Waals surface area contributed by atoms with Gasteiger partial charge in [0.25, 0.3) is 0 Å². The molecule has 14 aromatic rings. The van der Waals surface area contributed by atoms with E-state index in [0.717, 1.165) is 119 Å². The molecule has 20 rings (SSSR count). The number of carbonyl (C=O) groups is 1. The van der Waals surface area contributed by atoms with Crippen LogP contribution in [0.4, 0.5) is 30.6 Å². The van der Waals surface area contributed by atoms with E-state index < -0.39 is 5.91 Å². The number of pyridine rings is 1. The molecule has 3 aliphatic heterocycles. The van der Waals surface area contributed by atoms with Crippen LogP contribution in [0, 0.1) is 53.0 Å². The zero-order valence-electron chi connectivity index (χ0n) is 56.7. The predicted octanol–water partition coefficient (Wildman–Crippen LogP) is 12.0. The summed E-state index contributed by atoms with van der Waals surface area (Å²) in [5.74, 6) is 3.05. The molecule has 0 radical (unpaired) electrons. The number of carbonyl (C=O) groups excluding carboxylic acids is 1. The second-order valence-corrected chi connectivity index (χ2v) is 29.4. The normalized spacial score (nSPS) is 23.4. The number of aromatic amines is 4. The van der Waals surface area contributed by atoms with Crippen LogP contribution in [0.25, 0.3) is 89.1 Å². The number of primary amides is 1. The molecule has 8 aromatic heterocycles. The van der Waals surface area contributed by atoms with Gasteiger partial charge in [-0.1, -0.05) is 114 Å². The number of nitrogens with one attached hydrogen (secondary N) is 4. The maximum atomic E-state index is 14.7. The Hall–Kier alpha value is -10.7. The predicted molar refractivity (Wildman–Crippen MR) is 403 cm³/mol. The lowest BCUT2D eigenvalue weighted by Gasteiger charge is -2.26. The van der Waals surface area contributed by atoms with Crippen LogP contribution in [-0.2, 0) is 16.2 Å². The quantitative estimate of drug-likeness (QED) is 0.0531. The third-order valence-electron chi connectivity index (χ3n) is 23.7. The molecule has 11 heterocycles. The maximum absolute atomic E-state index is 14.7. The number of H-pyrrole nitrogens is 4. The fourth-order valence-electron chi connectivity index (χ4n) is 18.3. The Labute approximate surface area is 618 Å². The molecule has 0 unspecified atom stereocenters. The van der Waals surface area contributed by atoms with Gasteiger partial charge in [0.1, 0.15) is 68.5 Å². The lowest BCUT2D eigenvalue weighted by Crippen LogP contribution is -2.32. The van der Waals surface area contributed by atoms with E-state index >= 15 is 0 Å². The highest BCUT2D eigenvalue weighted by molar-refractivity contribution is 6.45. The Kier molecular flexibility index (Phi) is 16.5. The Bertz CT molecular complexity index is 5810. The van der Waals surface area contributed by atoms with Gasteiger partial charge in [-0.15, -0.1) is 0 Å². The van der Waals surface area contributed by atoms with Gasteiger partial charge >= 0.3 is 0 Å². The highest BCUT2D eigenvalue weighted by Crippen LogP contribution is 2.66. The minimum atomic E-state index is -0.669. The van der Waals surface area contributed by atoms with E-state index in [1.807, 2.05) is 85.1 Å². The average molecular weight is 1480 g/mol. The van der Waals surface area contributed by atoms with E-state index in [4.69, 9.17) is 82.7 Å². The zero-order chi connectivity index (χ0) is 72.5. The van der Waals surface area contributed by atoms with Crippen molar-refractivity contribution < 1.29 is 18.0 Å². The standard InChI is InChI=1S/C27H24FN7.C25H22Cl2FN7O.C25H22ClFN8/c28-21-8-2-1-7-19(21)27(15-29)18-10-12-35(14-20(18)27)23-13-31-25-24(33-34-26(25)32-23)17-5-3-9-22-16(17)6-4-11-30-22;26-19-12(5-6-13(20(19)27)23(30)36)21-22-24(34-33-21)32-18(9-31-22)35-8-7-14-16(10-35)25(14,11-29)15-3-1-2-4-17(15)28;26-21-13(5-6-19-14(21)9-30-32-19)22-23-24(34-33-22)31-20(10-29-23)35-8-7-15-17(11-35)25(15,12-28)16-3-1-2-4-18(16)27/h1-9,11,13,18,20H,10,12,14-15,29H2,(H,32,33,34);1-6,9,14,16H,7-8,10-11,29H2,(H2,30,36)(H,32,33,34);1-6,9-10,15,17H,7-8,11-12,28H2,(H,30,32)(H,31,33,34)/t18-,20+,27-;14-,16+,25-;15-,17+,25-/m111/s1. The SMILES string of the molecule is NC[C@]1(c2ccccc2F)[C@@H]2CCN(c3cnc4c(-c5ccc(C(N)=O)c(Cl)c5Cl)n[nH]c4n3)C[C@@H]21.NC[C@]1(c2ccccc2F)[C@@H]2CCN(c3cnc4c(-c5ccc6n[nH]cc6c5Cl)n[nH]c4n3)C[C@@H]21.NC[C@]1(c2ccccc2F)[C@@H]2CCN(c3cnc4c(-c5cccc6ncccc56)n[nH]c4n3)C[C@@H]21. The van der Waals surface area contributed by atoms with Crippen LogP contribution in [0.3, 0.4) is 0 Å².